The SMILES string of the molecule is Cc1nn(C)c(C)c1OCCNCCCN(C)C. The van der Waals surface area contributed by atoms with Crippen LogP contribution in [0.3, 0.4) is 0 Å². The third-order valence-electron chi connectivity index (χ3n) is 2.93. The number of aromatic nitrogens is 2. The van der Waals surface area contributed by atoms with Crippen molar-refractivity contribution >= 4 is 0 Å². The topological polar surface area (TPSA) is 42.3 Å². The van der Waals surface area contributed by atoms with Gasteiger partial charge in [0.15, 0.2) is 5.75 Å². The van der Waals surface area contributed by atoms with Gasteiger partial charge in [0, 0.05) is 13.6 Å². The van der Waals surface area contributed by atoms with Crippen LogP contribution in [0.4, 0.5) is 0 Å². The van der Waals surface area contributed by atoms with E-state index >= 15 is 0 Å². The van der Waals surface area contributed by atoms with Gasteiger partial charge >= 0.3 is 0 Å². The van der Waals surface area contributed by atoms with Gasteiger partial charge < -0.3 is 15.0 Å². The molecular formula is C13H26N4O. The van der Waals surface area contributed by atoms with Gasteiger partial charge in [0.1, 0.15) is 12.3 Å². The Hall–Kier alpha value is -1.07. The van der Waals surface area contributed by atoms with Crippen molar-refractivity contribution < 1.29 is 4.74 Å². The number of aryl methyl sites for hydroxylation is 2. The molecule has 18 heavy (non-hydrogen) atoms. The second-order valence-electron chi connectivity index (χ2n) is 4.88. The van der Waals surface area contributed by atoms with E-state index in [-0.39, 0.29) is 0 Å². The minimum Gasteiger partial charge on any atom is -0.488 e. The maximum absolute atomic E-state index is 5.76. The highest BCUT2D eigenvalue weighted by Gasteiger charge is 2.09. The third kappa shape index (κ3) is 4.66. The van der Waals surface area contributed by atoms with Crippen molar-refractivity contribution in [2.75, 3.05) is 40.3 Å². The zero-order chi connectivity index (χ0) is 13.5. The van der Waals surface area contributed by atoms with Crippen LogP contribution in [0.5, 0.6) is 5.75 Å². The van der Waals surface area contributed by atoms with Crippen LogP contribution in [-0.2, 0) is 7.05 Å². The summed E-state index contributed by atoms with van der Waals surface area (Å²) in [5, 5.41) is 7.70. The van der Waals surface area contributed by atoms with Gasteiger partial charge in [0.25, 0.3) is 0 Å². The molecule has 0 aromatic carbocycles. The molecule has 1 aromatic rings. The molecule has 0 spiro atoms. The van der Waals surface area contributed by atoms with Gasteiger partial charge in [0.2, 0.25) is 0 Å². The molecule has 5 heteroatoms. The lowest BCUT2D eigenvalue weighted by Gasteiger charge is -2.10. The monoisotopic (exact) mass is 254 g/mol. The molecule has 0 bridgehead atoms. The fraction of sp³-hybridized carbons (Fsp3) is 0.769. The number of ether oxygens (including phenoxy) is 1. The number of nitrogens with zero attached hydrogens (tertiary/aromatic N) is 3. The van der Waals surface area contributed by atoms with Gasteiger partial charge in [-0.15, -0.1) is 0 Å². The number of hydrogen-bond donors (Lipinski definition) is 1. The normalized spacial score (nSPS) is 11.2. The van der Waals surface area contributed by atoms with Crippen molar-refractivity contribution in [2.45, 2.75) is 20.3 Å². The van der Waals surface area contributed by atoms with Crippen LogP contribution in [-0.4, -0.2) is 55.0 Å². The second-order valence-corrected chi connectivity index (χ2v) is 4.88. The molecular weight excluding hydrogens is 228 g/mol. The van der Waals surface area contributed by atoms with E-state index in [4.69, 9.17) is 4.74 Å². The first-order chi connectivity index (χ1) is 8.52. The van der Waals surface area contributed by atoms with Crippen molar-refractivity contribution in [3.05, 3.63) is 11.4 Å². The molecule has 0 aliphatic carbocycles. The van der Waals surface area contributed by atoms with Gasteiger partial charge in [-0.25, -0.2) is 0 Å². The van der Waals surface area contributed by atoms with Crippen LogP contribution in [0, 0.1) is 13.8 Å². The fourth-order valence-corrected chi connectivity index (χ4v) is 1.83. The van der Waals surface area contributed by atoms with E-state index in [1.54, 1.807) is 0 Å². The maximum Gasteiger partial charge on any atom is 0.163 e. The summed E-state index contributed by atoms with van der Waals surface area (Å²) in [6.45, 7) is 7.73. The zero-order valence-corrected chi connectivity index (χ0v) is 12.3. The number of nitrogens with one attached hydrogen (secondary N) is 1. The molecule has 1 heterocycles. The molecule has 0 unspecified atom stereocenters. The molecule has 0 radical (unpaired) electrons. The van der Waals surface area contributed by atoms with Crippen LogP contribution in [0.1, 0.15) is 17.8 Å². The summed E-state index contributed by atoms with van der Waals surface area (Å²) < 4.78 is 7.62. The summed E-state index contributed by atoms with van der Waals surface area (Å²) in [5.74, 6) is 0.924. The Labute approximate surface area is 110 Å². The molecule has 5 nitrogen and oxygen atoms in total. The minimum atomic E-state index is 0.690. The minimum absolute atomic E-state index is 0.690. The van der Waals surface area contributed by atoms with Gasteiger partial charge in [-0.1, -0.05) is 0 Å². The van der Waals surface area contributed by atoms with Crippen LogP contribution < -0.4 is 10.1 Å². The van der Waals surface area contributed by atoms with E-state index in [1.165, 1.54) is 0 Å². The average Bonchev–Trinajstić information content (AvgIpc) is 2.53. The summed E-state index contributed by atoms with van der Waals surface area (Å²) in [4.78, 5) is 2.19. The Morgan fingerprint density at radius 3 is 2.56 bits per heavy atom. The Morgan fingerprint density at radius 1 is 1.28 bits per heavy atom. The molecule has 1 N–H and O–H groups in total. The van der Waals surface area contributed by atoms with Gasteiger partial charge in [-0.05, 0) is 47.5 Å². The standard InChI is InChI=1S/C13H26N4O/c1-11-13(12(2)17(5)15-11)18-10-8-14-7-6-9-16(3)4/h14H,6-10H2,1-5H3. The molecule has 0 saturated carbocycles. The maximum atomic E-state index is 5.76. The lowest BCUT2D eigenvalue weighted by atomic mass is 10.3. The first-order valence-electron chi connectivity index (χ1n) is 6.50. The van der Waals surface area contributed by atoms with E-state index in [0.29, 0.717) is 6.61 Å². The first-order valence-corrected chi connectivity index (χ1v) is 6.50. The van der Waals surface area contributed by atoms with Gasteiger partial charge in [0.05, 0.1) is 5.69 Å². The summed E-state index contributed by atoms with van der Waals surface area (Å²) in [6.07, 6.45) is 1.16. The first kappa shape index (κ1) is 15.0. The lowest BCUT2D eigenvalue weighted by molar-refractivity contribution is 0.307. The summed E-state index contributed by atoms with van der Waals surface area (Å²) >= 11 is 0. The lowest BCUT2D eigenvalue weighted by Crippen LogP contribution is -2.25. The van der Waals surface area contributed by atoms with Crippen LogP contribution >= 0.6 is 0 Å². The molecule has 104 valence electrons. The van der Waals surface area contributed by atoms with Crippen LogP contribution in [0.25, 0.3) is 0 Å². The van der Waals surface area contributed by atoms with E-state index in [9.17, 15) is 0 Å². The average molecular weight is 254 g/mol. The predicted octanol–water partition coefficient (Wildman–Crippen LogP) is 0.957. The molecule has 0 saturated heterocycles. The summed E-state index contributed by atoms with van der Waals surface area (Å²) in [5.41, 5.74) is 2.04. The highest BCUT2D eigenvalue weighted by molar-refractivity contribution is 5.31. The second kappa shape index (κ2) is 7.38. The van der Waals surface area contributed by atoms with Gasteiger partial charge in [-0.3, -0.25) is 4.68 Å². The zero-order valence-electron chi connectivity index (χ0n) is 12.3. The van der Waals surface area contributed by atoms with Crippen molar-refractivity contribution in [2.24, 2.45) is 7.05 Å². The van der Waals surface area contributed by atoms with Crippen molar-refractivity contribution in [3.8, 4) is 5.75 Å². The van der Waals surface area contributed by atoms with E-state index in [2.05, 4.69) is 29.4 Å². The molecule has 1 aromatic heterocycles. The molecule has 0 aliphatic rings. The Morgan fingerprint density at radius 2 is 2.00 bits per heavy atom. The smallest absolute Gasteiger partial charge is 0.163 e. The Kier molecular flexibility index (Phi) is 6.15. The van der Waals surface area contributed by atoms with E-state index in [1.807, 2.05) is 25.6 Å². The molecule has 0 atom stereocenters. The Balaban J connectivity index is 2.14. The Bertz CT molecular complexity index is 360. The molecule has 0 amide bonds. The fourth-order valence-electron chi connectivity index (χ4n) is 1.83. The van der Waals surface area contributed by atoms with Crippen molar-refractivity contribution in [1.82, 2.24) is 20.0 Å². The largest absolute Gasteiger partial charge is 0.488 e. The third-order valence-corrected chi connectivity index (χ3v) is 2.93. The highest BCUT2D eigenvalue weighted by atomic mass is 16.5. The van der Waals surface area contributed by atoms with Crippen molar-refractivity contribution in [1.29, 1.82) is 0 Å². The summed E-state index contributed by atoms with van der Waals surface area (Å²) in [7, 11) is 6.13. The van der Waals surface area contributed by atoms with Gasteiger partial charge in [-0.2, -0.15) is 5.10 Å². The molecule has 0 aliphatic heterocycles. The quantitative estimate of drug-likeness (QED) is 0.702. The highest BCUT2D eigenvalue weighted by Crippen LogP contribution is 2.20. The van der Waals surface area contributed by atoms with Crippen LogP contribution in [0.2, 0.25) is 0 Å². The van der Waals surface area contributed by atoms with E-state index < -0.39 is 0 Å². The number of rotatable bonds is 8. The summed E-state index contributed by atoms with van der Waals surface area (Å²) in [6, 6.07) is 0. The predicted molar refractivity (Wildman–Crippen MR) is 74.2 cm³/mol. The van der Waals surface area contributed by atoms with Crippen LogP contribution in [0.15, 0.2) is 0 Å². The van der Waals surface area contributed by atoms with E-state index in [0.717, 1.165) is 43.2 Å². The number of hydrogen-bond acceptors (Lipinski definition) is 4. The van der Waals surface area contributed by atoms with Crippen molar-refractivity contribution in [3.63, 3.8) is 0 Å². The molecule has 0 fully saturated rings. The molecule has 1 rings (SSSR count).